The first-order valence-corrected chi connectivity index (χ1v) is 6.65. The third-order valence-corrected chi connectivity index (χ3v) is 2.86. The third-order valence-electron chi connectivity index (χ3n) is 2.86. The average molecular weight is 246 g/mol. The predicted molar refractivity (Wildman–Crippen MR) is 73.7 cm³/mol. The zero-order valence-electron chi connectivity index (χ0n) is 11.4. The molecule has 0 radical (unpaired) electrons. The van der Waals surface area contributed by atoms with Crippen molar-refractivity contribution in [2.24, 2.45) is 0 Å². The fourth-order valence-electron chi connectivity index (χ4n) is 1.85. The minimum atomic E-state index is 0.669. The predicted octanol–water partition coefficient (Wildman–Crippen LogP) is 3.06. The van der Waals surface area contributed by atoms with E-state index in [2.05, 4.69) is 24.8 Å². The van der Waals surface area contributed by atoms with Gasteiger partial charge in [-0.25, -0.2) is 0 Å². The average Bonchev–Trinajstić information content (AvgIpc) is 2.43. The zero-order valence-corrected chi connectivity index (χ0v) is 11.4. The number of ether oxygens (including phenoxy) is 1. The van der Waals surface area contributed by atoms with Crippen molar-refractivity contribution < 1.29 is 4.74 Å². The molecule has 3 heteroatoms. The summed E-state index contributed by atoms with van der Waals surface area (Å²) in [5.41, 5.74) is 0.669. The summed E-state index contributed by atoms with van der Waals surface area (Å²) in [6.45, 7) is 8.47. The van der Waals surface area contributed by atoms with Crippen molar-refractivity contribution >= 4 is 0 Å². The fourth-order valence-corrected chi connectivity index (χ4v) is 1.85. The normalized spacial score (nSPS) is 10.3. The molecule has 0 saturated carbocycles. The van der Waals surface area contributed by atoms with Gasteiger partial charge in [-0.15, -0.1) is 0 Å². The highest BCUT2D eigenvalue weighted by molar-refractivity contribution is 5.34. The maximum absolute atomic E-state index is 8.69. The third kappa shape index (κ3) is 5.20. The molecule has 0 amide bonds. The molecule has 0 fully saturated rings. The molecular weight excluding hydrogens is 224 g/mol. The first kappa shape index (κ1) is 14.5. The Morgan fingerprint density at radius 2 is 1.89 bits per heavy atom. The topological polar surface area (TPSA) is 36.3 Å². The van der Waals surface area contributed by atoms with E-state index in [9.17, 15) is 0 Å². The smallest absolute Gasteiger partial charge is 0.119 e. The van der Waals surface area contributed by atoms with Crippen LogP contribution in [0.25, 0.3) is 0 Å². The van der Waals surface area contributed by atoms with Crippen LogP contribution in [0.3, 0.4) is 0 Å². The van der Waals surface area contributed by atoms with Crippen LogP contribution in [0.5, 0.6) is 5.75 Å². The Balaban J connectivity index is 2.22. The van der Waals surface area contributed by atoms with E-state index in [0.717, 1.165) is 38.4 Å². The molecular formula is C15H22N2O. The van der Waals surface area contributed by atoms with Crippen molar-refractivity contribution in [1.29, 1.82) is 5.26 Å². The molecule has 18 heavy (non-hydrogen) atoms. The van der Waals surface area contributed by atoms with Crippen LogP contribution in [-0.2, 0) is 0 Å². The van der Waals surface area contributed by atoms with Crippen molar-refractivity contribution in [2.45, 2.75) is 26.7 Å². The Hall–Kier alpha value is -1.53. The molecule has 0 atom stereocenters. The van der Waals surface area contributed by atoms with E-state index in [4.69, 9.17) is 10.00 Å². The van der Waals surface area contributed by atoms with Crippen LogP contribution in [0.2, 0.25) is 0 Å². The summed E-state index contributed by atoms with van der Waals surface area (Å²) in [4.78, 5) is 2.43. The van der Waals surface area contributed by atoms with Crippen molar-refractivity contribution in [3.8, 4) is 11.8 Å². The highest BCUT2D eigenvalue weighted by Crippen LogP contribution is 2.11. The Morgan fingerprint density at radius 1 is 1.17 bits per heavy atom. The van der Waals surface area contributed by atoms with Gasteiger partial charge in [-0.2, -0.15) is 5.26 Å². The van der Waals surface area contributed by atoms with Crippen molar-refractivity contribution in [3.05, 3.63) is 29.8 Å². The highest BCUT2D eigenvalue weighted by Gasteiger charge is 2.00. The summed E-state index contributed by atoms with van der Waals surface area (Å²) in [6.07, 6.45) is 2.23. The molecule has 3 nitrogen and oxygen atoms in total. The van der Waals surface area contributed by atoms with Crippen LogP contribution in [0.1, 0.15) is 32.3 Å². The molecule has 1 rings (SSSR count). The van der Waals surface area contributed by atoms with E-state index < -0.39 is 0 Å². The maximum atomic E-state index is 8.69. The number of hydrogen-bond acceptors (Lipinski definition) is 3. The Bertz CT molecular complexity index is 367. The molecule has 0 aromatic heterocycles. The molecule has 1 aromatic carbocycles. The van der Waals surface area contributed by atoms with Gasteiger partial charge in [0.25, 0.3) is 0 Å². The van der Waals surface area contributed by atoms with Crippen molar-refractivity contribution in [3.63, 3.8) is 0 Å². The van der Waals surface area contributed by atoms with E-state index in [1.165, 1.54) is 6.42 Å². The number of rotatable bonds is 8. The van der Waals surface area contributed by atoms with E-state index in [-0.39, 0.29) is 0 Å². The molecule has 0 aliphatic rings. The van der Waals surface area contributed by atoms with E-state index in [0.29, 0.717) is 5.56 Å². The molecule has 0 heterocycles. The van der Waals surface area contributed by atoms with Crippen LogP contribution in [0.4, 0.5) is 0 Å². The Kier molecular flexibility index (Phi) is 6.90. The first-order valence-electron chi connectivity index (χ1n) is 6.65. The van der Waals surface area contributed by atoms with Gasteiger partial charge in [0, 0.05) is 6.54 Å². The van der Waals surface area contributed by atoms with Gasteiger partial charge in [-0.1, -0.05) is 13.8 Å². The zero-order chi connectivity index (χ0) is 13.2. The highest BCUT2D eigenvalue weighted by atomic mass is 16.5. The van der Waals surface area contributed by atoms with Crippen LogP contribution >= 0.6 is 0 Å². The van der Waals surface area contributed by atoms with Crippen molar-refractivity contribution in [1.82, 2.24) is 4.90 Å². The van der Waals surface area contributed by atoms with Gasteiger partial charge in [0.05, 0.1) is 18.2 Å². The number of nitrogens with zero attached hydrogens (tertiary/aromatic N) is 2. The SMILES string of the molecule is CCCN(CC)CCCOc1ccc(C#N)cc1. The van der Waals surface area contributed by atoms with E-state index >= 15 is 0 Å². The van der Waals surface area contributed by atoms with Crippen LogP contribution in [0, 0.1) is 11.3 Å². The largest absolute Gasteiger partial charge is 0.494 e. The number of hydrogen-bond donors (Lipinski definition) is 0. The van der Waals surface area contributed by atoms with Crippen LogP contribution < -0.4 is 4.74 Å². The summed E-state index contributed by atoms with van der Waals surface area (Å²) in [5.74, 6) is 0.840. The van der Waals surface area contributed by atoms with Crippen LogP contribution in [-0.4, -0.2) is 31.1 Å². The van der Waals surface area contributed by atoms with Gasteiger partial charge in [-0.3, -0.25) is 0 Å². The molecule has 0 aliphatic heterocycles. The van der Waals surface area contributed by atoms with E-state index in [1.807, 2.05) is 12.1 Å². The molecule has 0 saturated heterocycles. The maximum Gasteiger partial charge on any atom is 0.119 e. The fraction of sp³-hybridized carbons (Fsp3) is 0.533. The lowest BCUT2D eigenvalue weighted by molar-refractivity contribution is 0.242. The summed E-state index contributed by atoms with van der Waals surface area (Å²) in [6, 6.07) is 9.36. The van der Waals surface area contributed by atoms with Gasteiger partial charge in [0.15, 0.2) is 0 Å². The van der Waals surface area contributed by atoms with Gasteiger partial charge in [-0.05, 0) is 50.2 Å². The van der Waals surface area contributed by atoms with Crippen molar-refractivity contribution in [2.75, 3.05) is 26.2 Å². The monoisotopic (exact) mass is 246 g/mol. The molecule has 0 bridgehead atoms. The van der Waals surface area contributed by atoms with Gasteiger partial charge in [0.2, 0.25) is 0 Å². The number of benzene rings is 1. The minimum absolute atomic E-state index is 0.669. The van der Waals surface area contributed by atoms with Gasteiger partial charge < -0.3 is 9.64 Å². The summed E-state index contributed by atoms with van der Waals surface area (Å²) in [7, 11) is 0. The minimum Gasteiger partial charge on any atom is -0.494 e. The number of nitriles is 1. The lowest BCUT2D eigenvalue weighted by Crippen LogP contribution is -2.26. The summed E-state index contributed by atoms with van der Waals surface area (Å²) < 4.78 is 5.64. The molecule has 0 spiro atoms. The van der Waals surface area contributed by atoms with E-state index in [1.54, 1.807) is 12.1 Å². The molecule has 98 valence electrons. The quantitative estimate of drug-likeness (QED) is 0.661. The lowest BCUT2D eigenvalue weighted by Gasteiger charge is -2.19. The van der Waals surface area contributed by atoms with Gasteiger partial charge in [0.1, 0.15) is 5.75 Å². The second-order valence-corrected chi connectivity index (χ2v) is 4.27. The Morgan fingerprint density at radius 3 is 2.44 bits per heavy atom. The molecule has 0 aliphatic carbocycles. The van der Waals surface area contributed by atoms with Gasteiger partial charge >= 0.3 is 0 Å². The van der Waals surface area contributed by atoms with Crippen LogP contribution in [0.15, 0.2) is 24.3 Å². The summed E-state index contributed by atoms with van der Waals surface area (Å²) in [5, 5.41) is 8.69. The summed E-state index contributed by atoms with van der Waals surface area (Å²) >= 11 is 0. The standard InChI is InChI=1S/C15H22N2O/c1-3-10-17(4-2)11-5-12-18-15-8-6-14(13-16)7-9-15/h6-9H,3-5,10-12H2,1-2H3. The Labute approximate surface area is 110 Å². The lowest BCUT2D eigenvalue weighted by atomic mass is 10.2. The first-order chi connectivity index (χ1) is 8.80. The molecule has 0 N–H and O–H groups in total. The molecule has 1 aromatic rings. The molecule has 0 unspecified atom stereocenters. The second-order valence-electron chi connectivity index (χ2n) is 4.27. The second kappa shape index (κ2) is 8.54.